The lowest BCUT2D eigenvalue weighted by Crippen LogP contribution is -2.41. The molecule has 4 rings (SSSR count). The van der Waals surface area contributed by atoms with E-state index in [0.29, 0.717) is 11.7 Å². The Balaban J connectivity index is 1.54. The highest BCUT2D eigenvalue weighted by molar-refractivity contribution is 5.79. The lowest BCUT2D eigenvalue weighted by atomic mass is 9.98. The minimum atomic E-state index is -0.0867. The molecule has 0 radical (unpaired) electrons. The first-order chi connectivity index (χ1) is 12.8. The van der Waals surface area contributed by atoms with Crippen LogP contribution in [0.25, 0.3) is 11.4 Å². The summed E-state index contributed by atoms with van der Waals surface area (Å²) in [6.45, 7) is 0.792. The Morgan fingerprint density at radius 1 is 1.12 bits per heavy atom. The molecular weight excluding hydrogens is 330 g/mol. The predicted octanol–water partition coefficient (Wildman–Crippen LogP) is 3.99. The molecule has 1 aliphatic heterocycles. The molecular formula is C20H25N3O3. The van der Waals surface area contributed by atoms with Crippen molar-refractivity contribution < 1.29 is 14.1 Å². The van der Waals surface area contributed by atoms with Crippen molar-refractivity contribution >= 4 is 5.91 Å². The summed E-state index contributed by atoms with van der Waals surface area (Å²) in [6.07, 6.45) is 7.39. The van der Waals surface area contributed by atoms with Crippen molar-refractivity contribution in [2.75, 3.05) is 13.7 Å². The maximum absolute atomic E-state index is 13.0. The zero-order valence-electron chi connectivity index (χ0n) is 15.2. The number of amides is 1. The van der Waals surface area contributed by atoms with Crippen LogP contribution in [-0.2, 0) is 4.79 Å². The van der Waals surface area contributed by atoms with Crippen LogP contribution in [0, 0.1) is 5.92 Å². The monoisotopic (exact) mass is 355 g/mol. The zero-order chi connectivity index (χ0) is 17.9. The number of likely N-dealkylation sites (tertiary alicyclic amines) is 1. The van der Waals surface area contributed by atoms with E-state index in [1.807, 2.05) is 29.2 Å². The molecule has 2 aromatic rings. The van der Waals surface area contributed by atoms with Gasteiger partial charge < -0.3 is 14.2 Å². The number of piperidine rings is 1. The SMILES string of the molecule is COc1ccc(-c2noc([C@H]3CCCCN3C(=O)C3CCCC3)n2)cc1. The molecule has 138 valence electrons. The van der Waals surface area contributed by atoms with E-state index < -0.39 is 0 Å². The summed E-state index contributed by atoms with van der Waals surface area (Å²) in [5, 5.41) is 4.14. The second kappa shape index (κ2) is 7.48. The summed E-state index contributed by atoms with van der Waals surface area (Å²) >= 11 is 0. The topological polar surface area (TPSA) is 68.5 Å². The third kappa shape index (κ3) is 3.32. The maximum atomic E-state index is 13.0. The lowest BCUT2D eigenvalue weighted by molar-refractivity contribution is -0.140. The summed E-state index contributed by atoms with van der Waals surface area (Å²) < 4.78 is 10.8. The van der Waals surface area contributed by atoms with Crippen LogP contribution < -0.4 is 4.74 Å². The second-order valence-corrected chi connectivity index (χ2v) is 7.21. The average Bonchev–Trinajstić information content (AvgIpc) is 3.40. The van der Waals surface area contributed by atoms with Gasteiger partial charge in [0.1, 0.15) is 11.8 Å². The molecule has 0 unspecified atom stereocenters. The number of rotatable bonds is 4. The van der Waals surface area contributed by atoms with Crippen LogP contribution in [0.5, 0.6) is 5.75 Å². The zero-order valence-corrected chi connectivity index (χ0v) is 15.2. The third-order valence-electron chi connectivity index (χ3n) is 5.57. The highest BCUT2D eigenvalue weighted by Crippen LogP contribution is 2.35. The fraction of sp³-hybridized carbons (Fsp3) is 0.550. The van der Waals surface area contributed by atoms with E-state index in [1.165, 1.54) is 0 Å². The van der Waals surface area contributed by atoms with Crippen molar-refractivity contribution in [2.45, 2.75) is 51.0 Å². The third-order valence-corrected chi connectivity index (χ3v) is 5.57. The predicted molar refractivity (Wildman–Crippen MR) is 96.5 cm³/mol. The van der Waals surface area contributed by atoms with Gasteiger partial charge in [0.15, 0.2) is 0 Å². The first-order valence-corrected chi connectivity index (χ1v) is 9.55. The van der Waals surface area contributed by atoms with Crippen molar-refractivity contribution in [3.63, 3.8) is 0 Å². The first-order valence-electron chi connectivity index (χ1n) is 9.55. The summed E-state index contributed by atoms with van der Waals surface area (Å²) in [5.74, 6) is 2.36. The van der Waals surface area contributed by atoms with E-state index >= 15 is 0 Å². The molecule has 1 aromatic heterocycles. The Labute approximate surface area is 153 Å². The molecule has 1 saturated carbocycles. The summed E-state index contributed by atoms with van der Waals surface area (Å²) in [5.41, 5.74) is 0.880. The van der Waals surface area contributed by atoms with Crippen LogP contribution in [0.2, 0.25) is 0 Å². The minimum absolute atomic E-state index is 0.0867. The number of benzene rings is 1. The lowest BCUT2D eigenvalue weighted by Gasteiger charge is -2.35. The number of methoxy groups -OCH3 is 1. The van der Waals surface area contributed by atoms with Gasteiger partial charge in [-0.25, -0.2) is 0 Å². The number of ether oxygens (including phenoxy) is 1. The van der Waals surface area contributed by atoms with Gasteiger partial charge >= 0.3 is 0 Å². The molecule has 6 heteroatoms. The van der Waals surface area contributed by atoms with Gasteiger partial charge in [-0.2, -0.15) is 4.98 Å². The van der Waals surface area contributed by atoms with Crippen LogP contribution in [0.1, 0.15) is 56.9 Å². The number of aromatic nitrogens is 2. The van der Waals surface area contributed by atoms with Crippen molar-refractivity contribution in [1.82, 2.24) is 15.0 Å². The standard InChI is InChI=1S/C20H25N3O3/c1-25-16-11-9-14(10-12-16)18-21-19(26-22-18)17-8-4-5-13-23(17)20(24)15-6-2-3-7-15/h9-12,15,17H,2-8,13H2,1H3/t17-/m1/s1. The van der Waals surface area contributed by atoms with Crippen molar-refractivity contribution in [2.24, 2.45) is 5.92 Å². The van der Waals surface area contributed by atoms with Gasteiger partial charge in [0.05, 0.1) is 7.11 Å². The van der Waals surface area contributed by atoms with Crippen LogP contribution >= 0.6 is 0 Å². The molecule has 1 aliphatic carbocycles. The Bertz CT molecular complexity index is 750. The molecule has 2 aliphatic rings. The van der Waals surface area contributed by atoms with E-state index in [4.69, 9.17) is 9.26 Å². The van der Waals surface area contributed by atoms with E-state index in [2.05, 4.69) is 10.1 Å². The van der Waals surface area contributed by atoms with E-state index in [-0.39, 0.29) is 17.9 Å². The number of hydrogen-bond donors (Lipinski definition) is 0. The van der Waals surface area contributed by atoms with Crippen molar-refractivity contribution in [1.29, 1.82) is 0 Å². The number of nitrogens with zero attached hydrogens (tertiary/aromatic N) is 3. The molecule has 0 bridgehead atoms. The number of hydrogen-bond acceptors (Lipinski definition) is 5. The minimum Gasteiger partial charge on any atom is -0.497 e. The molecule has 1 amide bonds. The molecule has 0 spiro atoms. The van der Waals surface area contributed by atoms with Gasteiger partial charge in [-0.05, 0) is 56.4 Å². The summed E-state index contributed by atoms with van der Waals surface area (Å²) in [4.78, 5) is 19.6. The van der Waals surface area contributed by atoms with Crippen LogP contribution in [0.3, 0.4) is 0 Å². The van der Waals surface area contributed by atoms with Crippen molar-refractivity contribution in [3.05, 3.63) is 30.2 Å². The Morgan fingerprint density at radius 2 is 1.85 bits per heavy atom. The number of carbonyl (C=O) groups is 1. The fourth-order valence-corrected chi connectivity index (χ4v) is 4.09. The van der Waals surface area contributed by atoms with Gasteiger partial charge in [0, 0.05) is 18.0 Å². The van der Waals surface area contributed by atoms with E-state index in [1.54, 1.807) is 7.11 Å². The largest absolute Gasteiger partial charge is 0.497 e. The highest BCUT2D eigenvalue weighted by Gasteiger charge is 2.36. The average molecular weight is 355 g/mol. The molecule has 1 aromatic carbocycles. The Kier molecular flexibility index (Phi) is 4.91. The van der Waals surface area contributed by atoms with Crippen molar-refractivity contribution in [3.8, 4) is 17.1 Å². The van der Waals surface area contributed by atoms with E-state index in [9.17, 15) is 4.79 Å². The first kappa shape index (κ1) is 17.1. The van der Waals surface area contributed by atoms with Gasteiger partial charge in [0.2, 0.25) is 17.6 Å². The molecule has 2 heterocycles. The van der Waals surface area contributed by atoms with Gasteiger partial charge in [-0.3, -0.25) is 4.79 Å². The fourth-order valence-electron chi connectivity index (χ4n) is 4.09. The van der Waals surface area contributed by atoms with Crippen LogP contribution in [0.4, 0.5) is 0 Å². The molecule has 6 nitrogen and oxygen atoms in total. The molecule has 0 N–H and O–H groups in total. The quantitative estimate of drug-likeness (QED) is 0.829. The normalized spacial score (nSPS) is 21.1. The number of carbonyl (C=O) groups excluding carboxylic acids is 1. The molecule has 26 heavy (non-hydrogen) atoms. The molecule has 1 saturated heterocycles. The maximum Gasteiger partial charge on any atom is 0.249 e. The second-order valence-electron chi connectivity index (χ2n) is 7.21. The van der Waals surface area contributed by atoms with Gasteiger partial charge in [-0.15, -0.1) is 0 Å². The van der Waals surface area contributed by atoms with Crippen LogP contribution in [-0.4, -0.2) is 34.6 Å². The smallest absolute Gasteiger partial charge is 0.249 e. The van der Waals surface area contributed by atoms with Gasteiger partial charge in [-0.1, -0.05) is 18.0 Å². The molecule has 1 atom stereocenters. The summed E-state index contributed by atoms with van der Waals surface area (Å²) in [6, 6.07) is 7.49. The van der Waals surface area contributed by atoms with Crippen LogP contribution in [0.15, 0.2) is 28.8 Å². The molecule has 2 fully saturated rings. The van der Waals surface area contributed by atoms with E-state index in [0.717, 1.165) is 62.8 Å². The Hall–Kier alpha value is -2.37. The highest BCUT2D eigenvalue weighted by atomic mass is 16.5. The van der Waals surface area contributed by atoms with Gasteiger partial charge in [0.25, 0.3) is 0 Å². The summed E-state index contributed by atoms with van der Waals surface area (Å²) in [7, 11) is 1.64. The Morgan fingerprint density at radius 3 is 2.58 bits per heavy atom.